The highest BCUT2D eigenvalue weighted by atomic mass is 79.9. The predicted octanol–water partition coefficient (Wildman–Crippen LogP) is 4.45. The molecule has 3 heteroatoms. The molecule has 0 atom stereocenters. The Morgan fingerprint density at radius 3 is 2.00 bits per heavy atom. The number of nitrogens with zero attached hydrogens (tertiary/aromatic N) is 1. The second kappa shape index (κ2) is 5.76. The van der Waals surface area contributed by atoms with E-state index in [9.17, 15) is 0 Å². The largest absolute Gasteiger partial charge is 0.457 e. The van der Waals surface area contributed by atoms with Crippen LogP contribution in [0.5, 0.6) is 11.5 Å². The molecule has 1 fully saturated rings. The quantitative estimate of drug-likeness (QED) is 0.826. The van der Waals surface area contributed by atoms with Crippen molar-refractivity contribution in [3.63, 3.8) is 0 Å². The van der Waals surface area contributed by atoms with E-state index in [0.717, 1.165) is 22.5 Å². The van der Waals surface area contributed by atoms with E-state index in [1.54, 1.807) is 0 Å². The van der Waals surface area contributed by atoms with Crippen LogP contribution in [-0.4, -0.2) is 18.0 Å². The Kier molecular flexibility index (Phi) is 3.85. The first-order chi connectivity index (χ1) is 9.29. The summed E-state index contributed by atoms with van der Waals surface area (Å²) in [6.07, 6.45) is 1.34. The molecule has 0 spiro atoms. The zero-order valence-corrected chi connectivity index (χ0v) is 12.3. The van der Waals surface area contributed by atoms with Crippen molar-refractivity contribution in [1.29, 1.82) is 0 Å². The van der Waals surface area contributed by atoms with Crippen molar-refractivity contribution in [2.75, 3.05) is 13.1 Å². The monoisotopic (exact) mass is 317 g/mol. The average molecular weight is 318 g/mol. The first-order valence-corrected chi connectivity index (χ1v) is 7.34. The third-order valence-electron chi connectivity index (χ3n) is 3.33. The third kappa shape index (κ3) is 3.37. The number of ether oxygens (including phenoxy) is 1. The van der Waals surface area contributed by atoms with Gasteiger partial charge in [-0.3, -0.25) is 4.90 Å². The van der Waals surface area contributed by atoms with Crippen LogP contribution in [0.3, 0.4) is 0 Å². The molecule has 3 rings (SSSR count). The summed E-state index contributed by atoms with van der Waals surface area (Å²) in [5, 5.41) is 0. The van der Waals surface area contributed by atoms with Gasteiger partial charge in [0.25, 0.3) is 0 Å². The third-order valence-corrected chi connectivity index (χ3v) is 3.86. The van der Waals surface area contributed by atoms with Crippen LogP contribution < -0.4 is 4.74 Å². The minimum absolute atomic E-state index is 0.860. The molecule has 2 aromatic carbocycles. The zero-order chi connectivity index (χ0) is 13.1. The van der Waals surface area contributed by atoms with E-state index in [1.807, 2.05) is 36.4 Å². The van der Waals surface area contributed by atoms with E-state index in [2.05, 4.69) is 33.0 Å². The second-order valence-corrected chi connectivity index (χ2v) is 5.75. The van der Waals surface area contributed by atoms with Gasteiger partial charge in [-0.05, 0) is 61.5 Å². The average Bonchev–Trinajstić information content (AvgIpc) is 2.38. The van der Waals surface area contributed by atoms with Gasteiger partial charge in [-0.1, -0.05) is 28.1 Å². The Bertz CT molecular complexity index is 532. The molecule has 0 aliphatic carbocycles. The second-order valence-electron chi connectivity index (χ2n) is 4.83. The molecule has 1 heterocycles. The van der Waals surface area contributed by atoms with Crippen LogP contribution in [-0.2, 0) is 6.54 Å². The fraction of sp³-hybridized carbons (Fsp3) is 0.250. The molecule has 98 valence electrons. The molecule has 0 aromatic heterocycles. The lowest BCUT2D eigenvalue weighted by atomic mass is 10.1. The summed E-state index contributed by atoms with van der Waals surface area (Å²) >= 11 is 3.42. The Morgan fingerprint density at radius 2 is 1.47 bits per heavy atom. The Labute approximate surface area is 122 Å². The number of likely N-dealkylation sites (tertiary alicyclic amines) is 1. The van der Waals surface area contributed by atoms with Gasteiger partial charge < -0.3 is 4.74 Å². The van der Waals surface area contributed by atoms with Gasteiger partial charge >= 0.3 is 0 Å². The first-order valence-electron chi connectivity index (χ1n) is 6.54. The van der Waals surface area contributed by atoms with Gasteiger partial charge in [0, 0.05) is 11.0 Å². The van der Waals surface area contributed by atoms with E-state index in [4.69, 9.17) is 4.74 Å². The Morgan fingerprint density at radius 1 is 0.895 bits per heavy atom. The molecule has 0 radical (unpaired) electrons. The van der Waals surface area contributed by atoms with Crippen molar-refractivity contribution in [3.05, 3.63) is 58.6 Å². The smallest absolute Gasteiger partial charge is 0.127 e. The summed E-state index contributed by atoms with van der Waals surface area (Å²) in [5.74, 6) is 1.74. The highest BCUT2D eigenvalue weighted by Crippen LogP contribution is 2.24. The van der Waals surface area contributed by atoms with E-state index in [0.29, 0.717) is 0 Å². The number of halogens is 1. The van der Waals surface area contributed by atoms with E-state index >= 15 is 0 Å². The molecule has 1 saturated heterocycles. The molecule has 1 aliphatic rings. The van der Waals surface area contributed by atoms with Crippen LogP contribution >= 0.6 is 15.9 Å². The van der Waals surface area contributed by atoms with Crippen LogP contribution in [0.25, 0.3) is 0 Å². The van der Waals surface area contributed by atoms with Gasteiger partial charge in [-0.15, -0.1) is 0 Å². The van der Waals surface area contributed by atoms with E-state index in [1.165, 1.54) is 25.1 Å². The number of benzene rings is 2. The maximum atomic E-state index is 5.80. The van der Waals surface area contributed by atoms with Gasteiger partial charge in [0.1, 0.15) is 11.5 Å². The van der Waals surface area contributed by atoms with Crippen molar-refractivity contribution < 1.29 is 4.74 Å². The lowest BCUT2D eigenvalue weighted by molar-refractivity contribution is 0.172. The minimum Gasteiger partial charge on any atom is -0.457 e. The van der Waals surface area contributed by atoms with Crippen molar-refractivity contribution >= 4 is 15.9 Å². The van der Waals surface area contributed by atoms with Crippen molar-refractivity contribution in [1.82, 2.24) is 4.90 Å². The summed E-state index contributed by atoms with van der Waals surface area (Å²) < 4.78 is 6.86. The molecule has 0 amide bonds. The molecule has 2 aromatic rings. The molecular formula is C16H16BrNO. The molecule has 0 unspecified atom stereocenters. The highest BCUT2D eigenvalue weighted by Gasteiger charge is 2.13. The van der Waals surface area contributed by atoms with Crippen LogP contribution in [0.1, 0.15) is 12.0 Å². The Balaban J connectivity index is 1.63. The van der Waals surface area contributed by atoms with Crippen LogP contribution in [0.4, 0.5) is 0 Å². The van der Waals surface area contributed by atoms with Crippen LogP contribution in [0.15, 0.2) is 53.0 Å². The molecule has 2 nitrogen and oxygen atoms in total. The zero-order valence-electron chi connectivity index (χ0n) is 10.7. The standard InChI is InChI=1S/C16H16BrNO/c17-14-4-8-16(9-5-14)19-15-6-2-13(3-7-15)12-18-10-1-11-18/h2-9H,1,10-12H2. The summed E-state index contributed by atoms with van der Waals surface area (Å²) in [5.41, 5.74) is 1.35. The highest BCUT2D eigenvalue weighted by molar-refractivity contribution is 9.10. The minimum atomic E-state index is 0.860. The van der Waals surface area contributed by atoms with Crippen LogP contribution in [0.2, 0.25) is 0 Å². The van der Waals surface area contributed by atoms with Gasteiger partial charge in [-0.25, -0.2) is 0 Å². The number of hydrogen-bond acceptors (Lipinski definition) is 2. The van der Waals surface area contributed by atoms with Crippen molar-refractivity contribution in [2.45, 2.75) is 13.0 Å². The molecule has 0 bridgehead atoms. The molecule has 0 N–H and O–H groups in total. The van der Waals surface area contributed by atoms with E-state index < -0.39 is 0 Å². The van der Waals surface area contributed by atoms with Gasteiger partial charge in [0.05, 0.1) is 0 Å². The summed E-state index contributed by atoms with van der Waals surface area (Å²) in [6, 6.07) is 16.2. The first kappa shape index (κ1) is 12.7. The summed E-state index contributed by atoms with van der Waals surface area (Å²) in [4.78, 5) is 2.45. The maximum Gasteiger partial charge on any atom is 0.127 e. The maximum absolute atomic E-state index is 5.80. The fourth-order valence-corrected chi connectivity index (χ4v) is 2.36. The SMILES string of the molecule is Brc1ccc(Oc2ccc(CN3CCC3)cc2)cc1. The molecular weight excluding hydrogens is 302 g/mol. The normalized spacial score (nSPS) is 15.0. The van der Waals surface area contributed by atoms with Gasteiger partial charge in [-0.2, -0.15) is 0 Å². The fourth-order valence-electron chi connectivity index (χ4n) is 2.10. The number of rotatable bonds is 4. The lowest BCUT2D eigenvalue weighted by Crippen LogP contribution is -2.36. The van der Waals surface area contributed by atoms with Gasteiger partial charge in [0.2, 0.25) is 0 Å². The van der Waals surface area contributed by atoms with Crippen molar-refractivity contribution in [3.8, 4) is 11.5 Å². The molecule has 19 heavy (non-hydrogen) atoms. The predicted molar refractivity (Wildman–Crippen MR) is 80.6 cm³/mol. The molecule has 0 saturated carbocycles. The lowest BCUT2D eigenvalue weighted by Gasteiger charge is -2.30. The van der Waals surface area contributed by atoms with E-state index in [-0.39, 0.29) is 0 Å². The van der Waals surface area contributed by atoms with Gasteiger partial charge in [0.15, 0.2) is 0 Å². The summed E-state index contributed by atoms with van der Waals surface area (Å²) in [7, 11) is 0. The van der Waals surface area contributed by atoms with Crippen LogP contribution in [0, 0.1) is 0 Å². The topological polar surface area (TPSA) is 12.5 Å². The van der Waals surface area contributed by atoms with Crippen molar-refractivity contribution in [2.24, 2.45) is 0 Å². The molecule has 1 aliphatic heterocycles. The summed E-state index contributed by atoms with van der Waals surface area (Å²) in [6.45, 7) is 3.52. The Hall–Kier alpha value is -1.32. The number of hydrogen-bond donors (Lipinski definition) is 0.